The van der Waals surface area contributed by atoms with Crippen molar-refractivity contribution >= 4 is 29.0 Å². The molecule has 122 valence electrons. The Morgan fingerprint density at radius 2 is 2.04 bits per heavy atom. The summed E-state index contributed by atoms with van der Waals surface area (Å²) in [5.74, 6) is 0.368. The number of hydrogen-bond acceptors (Lipinski definition) is 4. The van der Waals surface area contributed by atoms with Gasteiger partial charge in [0, 0.05) is 23.3 Å². The molecule has 6 heteroatoms. The normalized spacial score (nSPS) is 10.4. The summed E-state index contributed by atoms with van der Waals surface area (Å²) in [5.41, 5.74) is 2.16. The molecule has 23 heavy (non-hydrogen) atoms. The van der Waals surface area contributed by atoms with E-state index in [0.717, 1.165) is 30.5 Å². The van der Waals surface area contributed by atoms with Gasteiger partial charge >= 0.3 is 0 Å². The second-order valence-electron chi connectivity index (χ2n) is 5.34. The first-order valence-electron chi connectivity index (χ1n) is 7.73. The number of halogens is 1. The number of anilines is 2. The molecule has 0 unspecified atom stereocenters. The lowest BCUT2D eigenvalue weighted by molar-refractivity contribution is 0.0948. The quantitative estimate of drug-likeness (QED) is 0.749. The molecule has 0 radical (unpaired) electrons. The number of carbonyl (C=O) groups excluding carboxylic acids is 1. The minimum atomic E-state index is -0.187. The van der Waals surface area contributed by atoms with E-state index in [0.29, 0.717) is 23.1 Å². The molecule has 0 saturated carbocycles. The van der Waals surface area contributed by atoms with Crippen LogP contribution >= 0.6 is 11.6 Å². The number of unbranched alkanes of at least 4 members (excludes halogenated alkanes) is 2. The SMILES string of the molecule is CCCCCNC(=O)c1cc(Nc2ccc(C)c(Cl)c2)ncn1. The molecule has 0 atom stereocenters. The molecule has 0 saturated heterocycles. The molecule has 1 amide bonds. The molecule has 1 aromatic carbocycles. The summed E-state index contributed by atoms with van der Waals surface area (Å²) >= 11 is 6.11. The van der Waals surface area contributed by atoms with E-state index >= 15 is 0 Å². The monoisotopic (exact) mass is 332 g/mol. The number of carbonyl (C=O) groups is 1. The van der Waals surface area contributed by atoms with Crippen LogP contribution in [0.5, 0.6) is 0 Å². The van der Waals surface area contributed by atoms with Crippen molar-refractivity contribution in [1.29, 1.82) is 0 Å². The molecule has 0 aliphatic heterocycles. The maximum absolute atomic E-state index is 12.1. The maximum atomic E-state index is 12.1. The summed E-state index contributed by atoms with van der Waals surface area (Å²) < 4.78 is 0. The number of rotatable bonds is 7. The standard InChI is InChI=1S/C17H21ClN4O/c1-3-4-5-8-19-17(23)15-10-16(21-11-20-15)22-13-7-6-12(2)14(18)9-13/h6-7,9-11H,3-5,8H2,1-2H3,(H,19,23)(H,20,21,22). The minimum absolute atomic E-state index is 0.187. The smallest absolute Gasteiger partial charge is 0.270 e. The number of benzene rings is 1. The Morgan fingerprint density at radius 3 is 2.78 bits per heavy atom. The lowest BCUT2D eigenvalue weighted by Crippen LogP contribution is -2.25. The zero-order valence-electron chi connectivity index (χ0n) is 13.4. The molecule has 2 rings (SSSR count). The van der Waals surface area contributed by atoms with Crippen molar-refractivity contribution in [1.82, 2.24) is 15.3 Å². The third-order valence-electron chi connectivity index (χ3n) is 3.41. The van der Waals surface area contributed by atoms with Gasteiger partial charge in [-0.25, -0.2) is 9.97 Å². The van der Waals surface area contributed by atoms with E-state index in [1.807, 2.05) is 25.1 Å². The fourth-order valence-electron chi connectivity index (χ4n) is 2.04. The summed E-state index contributed by atoms with van der Waals surface area (Å²) in [4.78, 5) is 20.2. The molecular formula is C17H21ClN4O. The first-order chi connectivity index (χ1) is 11.1. The van der Waals surface area contributed by atoms with Crippen molar-refractivity contribution in [3.63, 3.8) is 0 Å². The van der Waals surface area contributed by atoms with Crippen LogP contribution < -0.4 is 10.6 Å². The second-order valence-corrected chi connectivity index (χ2v) is 5.75. The fourth-order valence-corrected chi connectivity index (χ4v) is 2.22. The molecule has 0 spiro atoms. The van der Waals surface area contributed by atoms with Crippen molar-refractivity contribution in [2.75, 3.05) is 11.9 Å². The van der Waals surface area contributed by atoms with E-state index in [4.69, 9.17) is 11.6 Å². The first kappa shape index (κ1) is 17.2. The van der Waals surface area contributed by atoms with Gasteiger partial charge in [0.1, 0.15) is 17.8 Å². The average molecular weight is 333 g/mol. The van der Waals surface area contributed by atoms with Crippen LogP contribution in [0.4, 0.5) is 11.5 Å². The molecular weight excluding hydrogens is 312 g/mol. The van der Waals surface area contributed by atoms with Crippen LogP contribution in [0.25, 0.3) is 0 Å². The van der Waals surface area contributed by atoms with Gasteiger partial charge in [-0.2, -0.15) is 0 Å². The van der Waals surface area contributed by atoms with Gasteiger partial charge in [0.2, 0.25) is 0 Å². The van der Waals surface area contributed by atoms with Crippen LogP contribution in [-0.4, -0.2) is 22.4 Å². The third-order valence-corrected chi connectivity index (χ3v) is 3.82. The Morgan fingerprint density at radius 1 is 1.22 bits per heavy atom. The molecule has 0 aliphatic rings. The number of aromatic nitrogens is 2. The first-order valence-corrected chi connectivity index (χ1v) is 8.11. The average Bonchev–Trinajstić information content (AvgIpc) is 2.55. The largest absolute Gasteiger partial charge is 0.351 e. The van der Waals surface area contributed by atoms with Crippen molar-refractivity contribution in [3.05, 3.63) is 46.9 Å². The van der Waals surface area contributed by atoms with E-state index < -0.39 is 0 Å². The van der Waals surface area contributed by atoms with Crippen molar-refractivity contribution in [2.45, 2.75) is 33.1 Å². The third kappa shape index (κ3) is 5.21. The van der Waals surface area contributed by atoms with E-state index in [2.05, 4.69) is 27.5 Å². The fraction of sp³-hybridized carbons (Fsp3) is 0.353. The van der Waals surface area contributed by atoms with Gasteiger partial charge in [0.15, 0.2) is 0 Å². The van der Waals surface area contributed by atoms with Gasteiger partial charge < -0.3 is 10.6 Å². The summed E-state index contributed by atoms with van der Waals surface area (Å²) in [5, 5.41) is 6.67. The lowest BCUT2D eigenvalue weighted by Gasteiger charge is -2.08. The molecule has 1 aromatic heterocycles. The molecule has 5 nitrogen and oxygen atoms in total. The van der Waals surface area contributed by atoms with Crippen LogP contribution in [0, 0.1) is 6.92 Å². The summed E-state index contributed by atoms with van der Waals surface area (Å²) in [7, 11) is 0. The maximum Gasteiger partial charge on any atom is 0.270 e. The highest BCUT2D eigenvalue weighted by Crippen LogP contribution is 2.22. The highest BCUT2D eigenvalue weighted by molar-refractivity contribution is 6.31. The van der Waals surface area contributed by atoms with Crippen molar-refractivity contribution < 1.29 is 4.79 Å². The molecule has 2 N–H and O–H groups in total. The van der Waals surface area contributed by atoms with E-state index in [-0.39, 0.29) is 5.91 Å². The Labute approximate surface area is 141 Å². The molecule has 0 fully saturated rings. The van der Waals surface area contributed by atoms with Gasteiger partial charge in [-0.05, 0) is 31.0 Å². The van der Waals surface area contributed by atoms with Gasteiger partial charge in [0.05, 0.1) is 0 Å². The zero-order valence-corrected chi connectivity index (χ0v) is 14.2. The van der Waals surface area contributed by atoms with Crippen LogP contribution in [0.1, 0.15) is 42.2 Å². The molecule has 2 aromatic rings. The minimum Gasteiger partial charge on any atom is -0.351 e. The number of amides is 1. The lowest BCUT2D eigenvalue weighted by atomic mass is 10.2. The van der Waals surface area contributed by atoms with Crippen molar-refractivity contribution in [3.8, 4) is 0 Å². The summed E-state index contributed by atoms with van der Waals surface area (Å²) in [6.07, 6.45) is 4.57. The highest BCUT2D eigenvalue weighted by Gasteiger charge is 2.08. The Hall–Kier alpha value is -2.14. The number of aryl methyl sites for hydroxylation is 1. The molecule has 0 bridgehead atoms. The van der Waals surface area contributed by atoms with E-state index in [1.54, 1.807) is 6.07 Å². The van der Waals surface area contributed by atoms with Crippen molar-refractivity contribution in [2.24, 2.45) is 0 Å². The van der Waals surface area contributed by atoms with Gasteiger partial charge in [-0.3, -0.25) is 4.79 Å². The summed E-state index contributed by atoms with van der Waals surface area (Å²) in [6.45, 7) is 4.73. The highest BCUT2D eigenvalue weighted by atomic mass is 35.5. The Kier molecular flexibility index (Phi) is 6.35. The predicted molar refractivity (Wildman–Crippen MR) is 93.4 cm³/mol. The molecule has 0 aliphatic carbocycles. The van der Waals surface area contributed by atoms with Gasteiger partial charge in [-0.1, -0.05) is 37.4 Å². The van der Waals surface area contributed by atoms with Crippen LogP contribution in [0.15, 0.2) is 30.6 Å². The van der Waals surface area contributed by atoms with Gasteiger partial charge in [-0.15, -0.1) is 0 Å². The zero-order chi connectivity index (χ0) is 16.7. The van der Waals surface area contributed by atoms with Gasteiger partial charge in [0.25, 0.3) is 5.91 Å². The topological polar surface area (TPSA) is 66.9 Å². The second kappa shape index (κ2) is 8.48. The predicted octanol–water partition coefficient (Wildman–Crippen LogP) is 4.10. The Bertz CT molecular complexity index is 675. The Balaban J connectivity index is 2.01. The number of nitrogens with one attached hydrogen (secondary N) is 2. The number of hydrogen-bond donors (Lipinski definition) is 2. The number of nitrogens with zero attached hydrogens (tertiary/aromatic N) is 2. The van der Waals surface area contributed by atoms with Crippen LogP contribution in [0.2, 0.25) is 5.02 Å². The van der Waals surface area contributed by atoms with E-state index in [9.17, 15) is 4.79 Å². The van der Waals surface area contributed by atoms with Crippen LogP contribution in [-0.2, 0) is 0 Å². The molecule has 1 heterocycles. The summed E-state index contributed by atoms with van der Waals surface area (Å²) in [6, 6.07) is 7.29. The van der Waals surface area contributed by atoms with Crippen LogP contribution in [0.3, 0.4) is 0 Å². The van der Waals surface area contributed by atoms with E-state index in [1.165, 1.54) is 6.33 Å².